The molecular weight excluding hydrogens is 545 g/mol. The zero-order valence-electron chi connectivity index (χ0n) is 26.3. The van der Waals surface area contributed by atoms with Crippen LogP contribution in [0.2, 0.25) is 36.3 Å². The van der Waals surface area contributed by atoms with Gasteiger partial charge in [-0.3, -0.25) is 0 Å². The standard InChI is InChI=1S/C38H54O2Si2/c1-9-27-41(28-10-2,29-11-3)39-33-37(26-25-34(7)8)38(35-21-17-15-18-22-35,36-23-19-16-20-24-36)40-42(30-12-4,31-13-5)32-14-6/h9-24,34,37H,1-6,25-33H2,7-8H3. The van der Waals surface area contributed by atoms with Crippen LogP contribution in [0.1, 0.15) is 37.8 Å². The zero-order chi connectivity index (χ0) is 30.9. The van der Waals surface area contributed by atoms with Gasteiger partial charge in [-0.1, -0.05) is 117 Å². The summed E-state index contributed by atoms with van der Waals surface area (Å²) in [6.07, 6.45) is 14.1. The van der Waals surface area contributed by atoms with Crippen molar-refractivity contribution in [1.82, 2.24) is 0 Å². The first-order valence-electron chi connectivity index (χ1n) is 15.4. The Balaban J connectivity index is 2.91. The minimum atomic E-state index is -2.48. The van der Waals surface area contributed by atoms with E-state index in [9.17, 15) is 0 Å². The van der Waals surface area contributed by atoms with Crippen molar-refractivity contribution < 1.29 is 8.85 Å². The predicted molar refractivity (Wildman–Crippen MR) is 190 cm³/mol. The average molecular weight is 599 g/mol. The third kappa shape index (κ3) is 9.37. The summed E-state index contributed by atoms with van der Waals surface area (Å²) < 4.78 is 15.0. The molecule has 0 saturated heterocycles. The molecule has 0 bridgehead atoms. The van der Waals surface area contributed by atoms with Crippen molar-refractivity contribution in [1.29, 1.82) is 0 Å². The molecule has 1 atom stereocenters. The van der Waals surface area contributed by atoms with Crippen molar-refractivity contribution in [3.8, 4) is 0 Å². The second-order valence-electron chi connectivity index (χ2n) is 11.9. The molecule has 0 amide bonds. The predicted octanol–water partition coefficient (Wildman–Crippen LogP) is 11.0. The summed E-state index contributed by atoms with van der Waals surface area (Å²) in [6.45, 7) is 29.9. The average Bonchev–Trinajstić information content (AvgIpc) is 2.98. The number of rotatable bonds is 23. The van der Waals surface area contributed by atoms with Crippen LogP contribution in [-0.2, 0) is 14.5 Å². The first-order valence-corrected chi connectivity index (χ1v) is 20.5. The third-order valence-corrected chi connectivity index (χ3v) is 15.9. The van der Waals surface area contributed by atoms with Crippen LogP contribution in [0.25, 0.3) is 0 Å². The van der Waals surface area contributed by atoms with E-state index < -0.39 is 22.2 Å². The molecule has 0 aromatic heterocycles. The maximum absolute atomic E-state index is 7.86. The topological polar surface area (TPSA) is 18.5 Å². The Hall–Kier alpha value is -2.77. The summed E-state index contributed by atoms with van der Waals surface area (Å²) in [5, 5.41) is 0. The Kier molecular flexibility index (Phi) is 15.2. The van der Waals surface area contributed by atoms with Crippen LogP contribution < -0.4 is 0 Å². The monoisotopic (exact) mass is 598 g/mol. The lowest BCUT2D eigenvalue weighted by Crippen LogP contribution is -2.52. The highest BCUT2D eigenvalue weighted by Gasteiger charge is 2.50. The van der Waals surface area contributed by atoms with Gasteiger partial charge in [0.05, 0.1) is 0 Å². The first kappa shape index (κ1) is 35.4. The molecule has 0 saturated carbocycles. The molecular formula is C38H54O2Si2. The number of hydrogen-bond acceptors (Lipinski definition) is 2. The molecule has 0 fully saturated rings. The van der Waals surface area contributed by atoms with Crippen molar-refractivity contribution >= 4 is 16.6 Å². The zero-order valence-corrected chi connectivity index (χ0v) is 28.3. The van der Waals surface area contributed by atoms with Gasteiger partial charge in [-0.15, -0.1) is 39.5 Å². The van der Waals surface area contributed by atoms with Gasteiger partial charge < -0.3 is 8.85 Å². The van der Waals surface area contributed by atoms with E-state index in [0.29, 0.717) is 12.5 Å². The molecule has 0 spiro atoms. The van der Waals surface area contributed by atoms with Crippen LogP contribution >= 0.6 is 0 Å². The molecule has 2 aromatic carbocycles. The largest absolute Gasteiger partial charge is 0.415 e. The van der Waals surface area contributed by atoms with Crippen LogP contribution in [0.5, 0.6) is 0 Å². The van der Waals surface area contributed by atoms with E-state index in [1.54, 1.807) is 0 Å². The Bertz CT molecular complexity index is 1030. The maximum Gasteiger partial charge on any atom is 0.205 e. The highest BCUT2D eigenvalue weighted by Crippen LogP contribution is 2.48. The summed E-state index contributed by atoms with van der Waals surface area (Å²) in [4.78, 5) is 0. The minimum absolute atomic E-state index is 0.0577. The quantitative estimate of drug-likeness (QED) is 0.0935. The third-order valence-electron chi connectivity index (χ3n) is 8.14. The van der Waals surface area contributed by atoms with Crippen molar-refractivity contribution in [2.75, 3.05) is 6.61 Å². The minimum Gasteiger partial charge on any atom is -0.415 e. The molecule has 0 N–H and O–H groups in total. The lowest BCUT2D eigenvalue weighted by atomic mass is 9.74. The summed E-state index contributed by atoms with van der Waals surface area (Å²) in [6, 6.07) is 26.6. The van der Waals surface area contributed by atoms with E-state index in [-0.39, 0.29) is 5.92 Å². The van der Waals surface area contributed by atoms with Crippen LogP contribution in [-0.4, -0.2) is 23.2 Å². The first-order chi connectivity index (χ1) is 20.3. The Morgan fingerprint density at radius 3 is 1.33 bits per heavy atom. The van der Waals surface area contributed by atoms with Crippen molar-refractivity contribution in [2.24, 2.45) is 11.8 Å². The van der Waals surface area contributed by atoms with E-state index in [1.165, 1.54) is 0 Å². The van der Waals surface area contributed by atoms with Gasteiger partial charge in [-0.05, 0) is 59.7 Å². The van der Waals surface area contributed by atoms with Gasteiger partial charge in [0, 0.05) is 12.5 Å². The normalized spacial score (nSPS) is 12.8. The molecule has 0 heterocycles. The lowest BCUT2D eigenvalue weighted by molar-refractivity contribution is 0.00104. The van der Waals surface area contributed by atoms with Gasteiger partial charge in [-0.2, -0.15) is 0 Å². The highest BCUT2D eigenvalue weighted by atomic mass is 28.4. The molecule has 0 radical (unpaired) electrons. The van der Waals surface area contributed by atoms with E-state index in [2.05, 4.69) is 114 Å². The molecule has 226 valence electrons. The van der Waals surface area contributed by atoms with Crippen LogP contribution in [0.3, 0.4) is 0 Å². The van der Waals surface area contributed by atoms with Gasteiger partial charge in [0.15, 0.2) is 0 Å². The molecule has 0 aliphatic rings. The maximum atomic E-state index is 7.86. The van der Waals surface area contributed by atoms with Crippen molar-refractivity contribution in [3.63, 3.8) is 0 Å². The molecule has 2 aromatic rings. The van der Waals surface area contributed by atoms with Crippen molar-refractivity contribution in [2.45, 2.75) is 68.6 Å². The fraction of sp³-hybridized carbons (Fsp3) is 0.368. The lowest BCUT2D eigenvalue weighted by Gasteiger charge is -2.49. The molecule has 42 heavy (non-hydrogen) atoms. The molecule has 4 heteroatoms. The van der Waals surface area contributed by atoms with Gasteiger partial charge >= 0.3 is 0 Å². The molecule has 2 nitrogen and oxygen atoms in total. The number of benzene rings is 2. The number of hydrogen-bond donors (Lipinski definition) is 0. The molecule has 0 aliphatic carbocycles. The van der Waals surface area contributed by atoms with E-state index in [0.717, 1.165) is 60.2 Å². The summed E-state index contributed by atoms with van der Waals surface area (Å²) >= 11 is 0. The second-order valence-corrected chi connectivity index (χ2v) is 19.5. The van der Waals surface area contributed by atoms with Gasteiger partial charge in [-0.25, -0.2) is 0 Å². The van der Waals surface area contributed by atoms with E-state index in [1.807, 2.05) is 36.5 Å². The van der Waals surface area contributed by atoms with Crippen LogP contribution in [0, 0.1) is 11.8 Å². The van der Waals surface area contributed by atoms with Gasteiger partial charge in [0.1, 0.15) is 5.60 Å². The van der Waals surface area contributed by atoms with Crippen LogP contribution in [0.4, 0.5) is 0 Å². The van der Waals surface area contributed by atoms with Gasteiger partial charge in [0.25, 0.3) is 0 Å². The fourth-order valence-electron chi connectivity index (χ4n) is 6.15. The molecule has 1 unspecified atom stereocenters. The van der Waals surface area contributed by atoms with E-state index >= 15 is 0 Å². The SMILES string of the molecule is C=CC[Si](CC=C)(CC=C)OCC(CCC(C)C)C(O[Si](CC=C)(CC=C)CC=C)(c1ccccc1)c1ccccc1. The second kappa shape index (κ2) is 18.0. The Labute approximate surface area is 259 Å². The highest BCUT2D eigenvalue weighted by molar-refractivity contribution is 6.75. The Morgan fingerprint density at radius 2 is 0.976 bits per heavy atom. The molecule has 0 aliphatic heterocycles. The summed E-state index contributed by atoms with van der Waals surface area (Å²) in [5.41, 5.74) is 1.59. The Morgan fingerprint density at radius 1 is 0.595 bits per heavy atom. The van der Waals surface area contributed by atoms with Crippen molar-refractivity contribution in [3.05, 3.63) is 148 Å². The summed E-state index contributed by atoms with van der Waals surface area (Å²) in [5.74, 6) is 0.604. The van der Waals surface area contributed by atoms with Gasteiger partial charge in [0.2, 0.25) is 16.6 Å². The smallest absolute Gasteiger partial charge is 0.205 e. The molecule has 2 rings (SSSR count). The van der Waals surface area contributed by atoms with E-state index in [4.69, 9.17) is 8.85 Å². The fourth-order valence-corrected chi connectivity index (χ4v) is 12.5. The number of allylic oxidation sites excluding steroid dienone is 6. The summed E-state index contributed by atoms with van der Waals surface area (Å²) in [7, 11) is -4.73. The van der Waals surface area contributed by atoms with Crippen LogP contribution in [0.15, 0.2) is 137 Å².